The number of carbonyl (C=O) groups excluding carboxylic acids is 2. The van der Waals surface area contributed by atoms with Crippen LogP contribution in [0, 0.1) is 5.41 Å². The van der Waals surface area contributed by atoms with Crippen LogP contribution >= 0.6 is 0 Å². The predicted molar refractivity (Wildman–Crippen MR) is 97.5 cm³/mol. The quantitative estimate of drug-likeness (QED) is 0.309. The highest BCUT2D eigenvalue weighted by Gasteiger charge is 2.29. The average molecular weight is 392 g/mol. The minimum Gasteiger partial charge on any atom is -0.269 e. The van der Waals surface area contributed by atoms with Crippen molar-refractivity contribution in [2.75, 3.05) is 0 Å². The minimum atomic E-state index is -0.723. The molecule has 0 aromatic carbocycles. The summed E-state index contributed by atoms with van der Waals surface area (Å²) in [6.07, 6.45) is 3.17. The third-order valence-corrected chi connectivity index (χ3v) is 3.72. The van der Waals surface area contributed by atoms with Gasteiger partial charge in [0.25, 0.3) is 0 Å². The van der Waals surface area contributed by atoms with E-state index < -0.39 is 28.6 Å². The van der Waals surface area contributed by atoms with Gasteiger partial charge in [-0.15, -0.1) is 0 Å². The highest BCUT2D eigenvalue weighted by molar-refractivity contribution is 5.73. The van der Waals surface area contributed by atoms with Gasteiger partial charge in [-0.3, -0.25) is 9.78 Å². The van der Waals surface area contributed by atoms with E-state index in [9.17, 15) is 9.59 Å². The second-order valence-electron chi connectivity index (χ2n) is 8.75. The van der Waals surface area contributed by atoms with E-state index in [-0.39, 0.29) is 12.8 Å². The molecule has 0 spiro atoms. The molecule has 0 rings (SSSR count). The summed E-state index contributed by atoms with van der Waals surface area (Å²) in [6, 6.07) is 0. The zero-order chi connectivity index (χ0) is 21.1. The molecular formula is C19H36O8. The Morgan fingerprint density at radius 1 is 0.667 bits per heavy atom. The van der Waals surface area contributed by atoms with E-state index in [1.165, 1.54) is 0 Å². The molecule has 0 atom stereocenters. The van der Waals surface area contributed by atoms with Crippen molar-refractivity contribution < 1.29 is 39.2 Å². The molecule has 0 heterocycles. The molecule has 160 valence electrons. The second kappa shape index (κ2) is 11.6. The van der Waals surface area contributed by atoms with Crippen molar-refractivity contribution in [3.63, 3.8) is 0 Å². The van der Waals surface area contributed by atoms with Crippen LogP contribution < -0.4 is 0 Å². The summed E-state index contributed by atoms with van der Waals surface area (Å²) in [5.74, 6) is -1.30. The lowest BCUT2D eigenvalue weighted by Crippen LogP contribution is -2.28. The third kappa shape index (κ3) is 13.6. The first-order chi connectivity index (χ1) is 12.3. The van der Waals surface area contributed by atoms with Gasteiger partial charge in [-0.1, -0.05) is 40.5 Å². The van der Waals surface area contributed by atoms with Crippen molar-refractivity contribution in [3.05, 3.63) is 0 Å². The largest absolute Gasteiger partial charge is 0.346 e. The van der Waals surface area contributed by atoms with Crippen molar-refractivity contribution in [2.24, 2.45) is 5.41 Å². The first-order valence-electron chi connectivity index (χ1n) is 9.43. The lowest BCUT2D eigenvalue weighted by atomic mass is 9.86. The maximum absolute atomic E-state index is 11.9. The lowest BCUT2D eigenvalue weighted by molar-refractivity contribution is -0.518. The molecule has 0 fully saturated rings. The molecular weight excluding hydrogens is 356 g/mol. The molecule has 0 N–H and O–H groups in total. The topological polar surface area (TPSA) is 89.5 Å². The van der Waals surface area contributed by atoms with Crippen molar-refractivity contribution in [2.45, 2.75) is 105 Å². The fourth-order valence-corrected chi connectivity index (χ4v) is 2.48. The third-order valence-electron chi connectivity index (χ3n) is 3.72. The first kappa shape index (κ1) is 25.8. The number of hydrogen-bond acceptors (Lipinski definition) is 8. The molecule has 0 aromatic heterocycles. The Balaban J connectivity index is 4.19. The van der Waals surface area contributed by atoms with Gasteiger partial charge in [0.1, 0.15) is 11.2 Å². The van der Waals surface area contributed by atoms with Crippen molar-refractivity contribution in [1.82, 2.24) is 0 Å². The molecule has 0 saturated carbocycles. The molecule has 0 saturated heterocycles. The van der Waals surface area contributed by atoms with Gasteiger partial charge >= 0.3 is 11.9 Å². The van der Waals surface area contributed by atoms with E-state index in [0.717, 1.165) is 25.7 Å². The molecule has 0 radical (unpaired) electrons. The van der Waals surface area contributed by atoms with E-state index in [4.69, 9.17) is 9.78 Å². The van der Waals surface area contributed by atoms with E-state index >= 15 is 0 Å². The molecule has 27 heavy (non-hydrogen) atoms. The van der Waals surface area contributed by atoms with Gasteiger partial charge in [-0.25, -0.2) is 9.59 Å². The van der Waals surface area contributed by atoms with E-state index in [1.54, 1.807) is 13.8 Å². The van der Waals surface area contributed by atoms with E-state index in [2.05, 4.69) is 19.9 Å². The van der Waals surface area contributed by atoms with Crippen LogP contribution in [0.25, 0.3) is 0 Å². The van der Waals surface area contributed by atoms with E-state index in [1.807, 2.05) is 41.5 Å². The second-order valence-corrected chi connectivity index (χ2v) is 8.75. The van der Waals surface area contributed by atoms with Crippen molar-refractivity contribution in [3.8, 4) is 0 Å². The number of rotatable bonds is 14. The fourth-order valence-electron chi connectivity index (χ4n) is 2.48. The summed E-state index contributed by atoms with van der Waals surface area (Å²) >= 11 is 0. The summed E-state index contributed by atoms with van der Waals surface area (Å²) in [7, 11) is 0. The maximum atomic E-state index is 11.9. The smallest absolute Gasteiger partial charge is 0.269 e. The average Bonchev–Trinajstić information content (AvgIpc) is 2.44. The van der Waals surface area contributed by atoms with Gasteiger partial charge in [0.05, 0.1) is 12.8 Å². The molecule has 0 amide bonds. The van der Waals surface area contributed by atoms with Crippen LogP contribution in [0.5, 0.6) is 0 Å². The van der Waals surface area contributed by atoms with Gasteiger partial charge in [0.2, 0.25) is 0 Å². The summed E-state index contributed by atoms with van der Waals surface area (Å²) in [5.41, 5.74) is -1.84. The highest BCUT2D eigenvalue weighted by atomic mass is 17.5. The summed E-state index contributed by atoms with van der Waals surface area (Å²) in [6.45, 7) is 14.8. The SMILES string of the molecule is CCCC(C)(C)OOOC(=O)CC(C)(C)CC(=O)OOOC(C)(C)CCC. The van der Waals surface area contributed by atoms with Crippen LogP contribution in [0.15, 0.2) is 0 Å². The van der Waals surface area contributed by atoms with E-state index in [0.29, 0.717) is 0 Å². The number of carbonyl (C=O) groups is 2. The number of hydrogen-bond donors (Lipinski definition) is 0. The summed E-state index contributed by atoms with van der Waals surface area (Å²) in [5, 5.41) is 9.16. The van der Waals surface area contributed by atoms with Gasteiger partial charge in [-0.2, -0.15) is 9.78 Å². The normalized spacial score (nSPS) is 12.7. The lowest BCUT2D eigenvalue weighted by Gasteiger charge is -2.24. The monoisotopic (exact) mass is 392 g/mol. The predicted octanol–water partition coefficient (Wildman–Crippen LogP) is 4.76. The Hall–Kier alpha value is -1.22. The molecule has 0 bridgehead atoms. The van der Waals surface area contributed by atoms with Crippen LogP contribution in [0.2, 0.25) is 0 Å². The summed E-state index contributed by atoms with van der Waals surface area (Å²) in [4.78, 5) is 43.1. The van der Waals surface area contributed by atoms with Crippen LogP contribution in [0.4, 0.5) is 0 Å². The van der Waals surface area contributed by atoms with Crippen molar-refractivity contribution in [1.29, 1.82) is 0 Å². The highest BCUT2D eigenvalue weighted by Crippen LogP contribution is 2.27. The molecule has 0 aliphatic rings. The Morgan fingerprint density at radius 3 is 1.30 bits per heavy atom. The van der Waals surface area contributed by atoms with Gasteiger partial charge < -0.3 is 0 Å². The standard InChI is InChI=1S/C19H36O8/c1-9-11-18(5,6)24-26-22-15(20)13-17(3,4)14-16(21)23-27-25-19(7,8)12-10-2/h9-14H2,1-8H3. The van der Waals surface area contributed by atoms with Crippen LogP contribution in [-0.4, -0.2) is 23.1 Å². The first-order valence-corrected chi connectivity index (χ1v) is 9.43. The maximum Gasteiger partial charge on any atom is 0.346 e. The Bertz CT molecular complexity index is 417. The summed E-state index contributed by atoms with van der Waals surface area (Å²) < 4.78 is 0. The van der Waals surface area contributed by atoms with Gasteiger partial charge in [0.15, 0.2) is 0 Å². The fraction of sp³-hybridized carbons (Fsp3) is 0.895. The Kier molecular flexibility index (Phi) is 11.1. The van der Waals surface area contributed by atoms with Gasteiger partial charge in [-0.05, 0) is 56.0 Å². The zero-order valence-electron chi connectivity index (χ0n) is 18.0. The zero-order valence-corrected chi connectivity index (χ0v) is 18.0. The Morgan fingerprint density at radius 2 is 1.00 bits per heavy atom. The molecule has 8 heteroatoms. The van der Waals surface area contributed by atoms with Crippen molar-refractivity contribution >= 4 is 11.9 Å². The minimum absolute atomic E-state index is 0.0676. The molecule has 0 aromatic rings. The molecule has 8 nitrogen and oxygen atoms in total. The van der Waals surface area contributed by atoms with Crippen LogP contribution in [0.3, 0.4) is 0 Å². The van der Waals surface area contributed by atoms with Crippen LogP contribution in [-0.2, 0) is 39.2 Å². The molecule has 0 aliphatic heterocycles. The molecule has 0 aliphatic carbocycles. The van der Waals surface area contributed by atoms with Crippen LogP contribution in [0.1, 0.15) is 93.9 Å². The van der Waals surface area contributed by atoms with Gasteiger partial charge in [0, 0.05) is 0 Å². The molecule has 0 unspecified atom stereocenters. The Labute approximate surface area is 162 Å².